The molecule has 1 amide bonds. The van der Waals surface area contributed by atoms with Gasteiger partial charge in [0.15, 0.2) is 16.7 Å². The Morgan fingerprint density at radius 1 is 1.23 bits per heavy atom. The third-order valence-electron chi connectivity index (χ3n) is 4.48. The van der Waals surface area contributed by atoms with Gasteiger partial charge in [0.05, 0.1) is 18.6 Å². The van der Waals surface area contributed by atoms with Crippen molar-refractivity contribution in [2.24, 2.45) is 4.99 Å². The first-order valence-electron chi connectivity index (χ1n) is 9.29. The van der Waals surface area contributed by atoms with Crippen LogP contribution in [-0.4, -0.2) is 42.8 Å². The van der Waals surface area contributed by atoms with Gasteiger partial charge < -0.3 is 14.4 Å². The van der Waals surface area contributed by atoms with Crippen LogP contribution < -0.4 is 9.47 Å². The number of hydrogen-bond acceptors (Lipinski definition) is 5. The van der Waals surface area contributed by atoms with Crippen LogP contribution in [-0.2, 0) is 4.79 Å². The summed E-state index contributed by atoms with van der Waals surface area (Å²) in [6.07, 6.45) is 7.56. The first-order valence-corrected chi connectivity index (χ1v) is 10.1. The number of amidine groups is 1. The molecule has 0 aliphatic carbocycles. The molecule has 3 rings (SSSR count). The fraction of sp³-hybridized carbons (Fsp3) is 0.500. The van der Waals surface area contributed by atoms with Crippen molar-refractivity contribution in [2.45, 2.75) is 39.0 Å². The molecule has 0 bridgehead atoms. The second kappa shape index (κ2) is 9.12. The average molecular weight is 375 g/mol. The maximum absolute atomic E-state index is 12.3. The van der Waals surface area contributed by atoms with Crippen LogP contribution in [0.4, 0.5) is 0 Å². The van der Waals surface area contributed by atoms with E-state index in [1.54, 1.807) is 7.11 Å². The molecule has 1 saturated heterocycles. The van der Waals surface area contributed by atoms with Gasteiger partial charge in [-0.15, -0.1) is 0 Å². The number of piperidine rings is 1. The van der Waals surface area contributed by atoms with E-state index in [-0.39, 0.29) is 5.91 Å². The summed E-state index contributed by atoms with van der Waals surface area (Å²) in [5.41, 5.74) is 0.920. The SMILES string of the molecule is CCCCOc1cc(/C=C2\SC(N3CCCCC3)=NC2=O)ccc1OC. The van der Waals surface area contributed by atoms with E-state index in [0.29, 0.717) is 23.0 Å². The smallest absolute Gasteiger partial charge is 0.286 e. The molecule has 2 aliphatic heterocycles. The molecule has 0 spiro atoms. The maximum atomic E-state index is 12.3. The molecule has 2 heterocycles. The molecule has 26 heavy (non-hydrogen) atoms. The number of methoxy groups -OCH3 is 1. The van der Waals surface area contributed by atoms with Crippen LogP contribution in [0.1, 0.15) is 44.6 Å². The minimum absolute atomic E-state index is 0.153. The van der Waals surface area contributed by atoms with Gasteiger partial charge in [-0.3, -0.25) is 4.79 Å². The zero-order valence-electron chi connectivity index (χ0n) is 15.5. The molecular weight excluding hydrogens is 348 g/mol. The molecule has 1 aromatic carbocycles. The zero-order valence-corrected chi connectivity index (χ0v) is 16.3. The standard InChI is InChI=1S/C20H26N2O3S/c1-3-4-12-25-17-13-15(8-9-16(17)24-2)14-18-19(23)21-20(26-18)22-10-6-5-7-11-22/h8-9,13-14H,3-7,10-12H2,1-2H3/b18-14-. The highest BCUT2D eigenvalue weighted by atomic mass is 32.2. The zero-order chi connectivity index (χ0) is 18.4. The number of carbonyl (C=O) groups is 1. The molecule has 0 saturated carbocycles. The van der Waals surface area contributed by atoms with Crippen molar-refractivity contribution in [2.75, 3.05) is 26.8 Å². The van der Waals surface area contributed by atoms with Gasteiger partial charge in [-0.25, -0.2) is 0 Å². The normalized spacial score (nSPS) is 19.0. The number of amides is 1. The number of thioether (sulfide) groups is 1. The topological polar surface area (TPSA) is 51.1 Å². The lowest BCUT2D eigenvalue weighted by atomic mass is 10.1. The fourth-order valence-corrected chi connectivity index (χ4v) is 3.96. The van der Waals surface area contributed by atoms with E-state index >= 15 is 0 Å². The molecule has 6 heteroatoms. The van der Waals surface area contributed by atoms with Crippen LogP contribution >= 0.6 is 11.8 Å². The minimum atomic E-state index is -0.153. The van der Waals surface area contributed by atoms with E-state index < -0.39 is 0 Å². The first-order chi connectivity index (χ1) is 12.7. The lowest BCUT2D eigenvalue weighted by molar-refractivity contribution is -0.113. The van der Waals surface area contributed by atoms with Crippen LogP contribution in [0.3, 0.4) is 0 Å². The maximum Gasteiger partial charge on any atom is 0.286 e. The van der Waals surface area contributed by atoms with Crippen molar-refractivity contribution in [3.63, 3.8) is 0 Å². The van der Waals surface area contributed by atoms with Crippen molar-refractivity contribution in [1.29, 1.82) is 0 Å². The Labute approximate surface area is 159 Å². The average Bonchev–Trinajstić information content (AvgIpc) is 3.03. The van der Waals surface area contributed by atoms with Gasteiger partial charge in [-0.1, -0.05) is 19.4 Å². The Bertz CT molecular complexity index is 709. The van der Waals surface area contributed by atoms with Crippen LogP contribution in [0.2, 0.25) is 0 Å². The van der Waals surface area contributed by atoms with E-state index in [2.05, 4.69) is 16.8 Å². The highest BCUT2D eigenvalue weighted by molar-refractivity contribution is 8.18. The van der Waals surface area contributed by atoms with Crippen LogP contribution in [0.15, 0.2) is 28.1 Å². The summed E-state index contributed by atoms with van der Waals surface area (Å²) < 4.78 is 11.2. The van der Waals surface area contributed by atoms with Crippen molar-refractivity contribution < 1.29 is 14.3 Å². The highest BCUT2D eigenvalue weighted by Crippen LogP contribution is 2.34. The second-order valence-electron chi connectivity index (χ2n) is 6.47. The summed E-state index contributed by atoms with van der Waals surface area (Å²) in [7, 11) is 1.63. The Balaban J connectivity index is 1.73. The van der Waals surface area contributed by atoms with Gasteiger partial charge in [0.1, 0.15) is 0 Å². The lowest BCUT2D eigenvalue weighted by Crippen LogP contribution is -2.33. The third kappa shape index (κ3) is 4.61. The molecule has 0 N–H and O–H groups in total. The monoisotopic (exact) mass is 374 g/mol. The summed E-state index contributed by atoms with van der Waals surface area (Å²) in [5.74, 6) is 1.27. The van der Waals surface area contributed by atoms with Crippen molar-refractivity contribution >= 4 is 28.9 Å². The highest BCUT2D eigenvalue weighted by Gasteiger charge is 2.26. The fourth-order valence-electron chi connectivity index (χ4n) is 2.99. The van der Waals surface area contributed by atoms with Gasteiger partial charge >= 0.3 is 0 Å². The minimum Gasteiger partial charge on any atom is -0.493 e. The summed E-state index contributed by atoms with van der Waals surface area (Å²) in [6, 6.07) is 5.74. The number of carbonyl (C=O) groups excluding carboxylic acids is 1. The molecule has 140 valence electrons. The number of ether oxygens (including phenoxy) is 2. The van der Waals surface area contributed by atoms with E-state index in [1.807, 2.05) is 24.3 Å². The van der Waals surface area contributed by atoms with Crippen molar-refractivity contribution in [1.82, 2.24) is 4.90 Å². The number of nitrogens with zero attached hydrogens (tertiary/aromatic N) is 2. The molecule has 0 unspecified atom stereocenters. The quantitative estimate of drug-likeness (QED) is 0.548. The van der Waals surface area contributed by atoms with Gasteiger partial charge in [0, 0.05) is 13.1 Å². The third-order valence-corrected chi connectivity index (χ3v) is 5.52. The Hall–Kier alpha value is -1.95. The number of benzene rings is 1. The molecule has 5 nitrogen and oxygen atoms in total. The molecular formula is C20H26N2O3S. The van der Waals surface area contributed by atoms with Gasteiger partial charge in [0.2, 0.25) is 0 Å². The second-order valence-corrected chi connectivity index (χ2v) is 7.48. The number of unbranched alkanes of at least 4 members (excludes halogenated alkanes) is 1. The molecule has 1 aromatic rings. The van der Waals surface area contributed by atoms with E-state index in [9.17, 15) is 4.79 Å². The molecule has 2 aliphatic rings. The first kappa shape index (κ1) is 18.8. The predicted octanol–water partition coefficient (Wildman–Crippen LogP) is 4.33. The Morgan fingerprint density at radius 3 is 2.77 bits per heavy atom. The molecule has 1 fully saturated rings. The summed E-state index contributed by atoms with van der Waals surface area (Å²) in [4.78, 5) is 19.4. The Morgan fingerprint density at radius 2 is 2.04 bits per heavy atom. The van der Waals surface area contributed by atoms with Gasteiger partial charge in [-0.05, 0) is 61.2 Å². The summed E-state index contributed by atoms with van der Waals surface area (Å²) in [5, 5.41) is 0.842. The number of rotatable bonds is 6. The van der Waals surface area contributed by atoms with Crippen LogP contribution in [0.25, 0.3) is 6.08 Å². The Kier molecular flexibility index (Phi) is 6.61. The predicted molar refractivity (Wildman–Crippen MR) is 107 cm³/mol. The number of hydrogen-bond donors (Lipinski definition) is 0. The molecule has 0 atom stereocenters. The van der Waals surface area contributed by atoms with Gasteiger partial charge in [0.25, 0.3) is 5.91 Å². The van der Waals surface area contributed by atoms with Crippen molar-refractivity contribution in [3.05, 3.63) is 28.7 Å². The van der Waals surface area contributed by atoms with E-state index in [1.165, 1.54) is 31.0 Å². The summed E-state index contributed by atoms with van der Waals surface area (Å²) in [6.45, 7) is 4.77. The largest absolute Gasteiger partial charge is 0.493 e. The lowest BCUT2D eigenvalue weighted by Gasteiger charge is -2.27. The van der Waals surface area contributed by atoms with Crippen molar-refractivity contribution in [3.8, 4) is 11.5 Å². The molecule has 0 aromatic heterocycles. The number of likely N-dealkylation sites (tertiary alicyclic amines) is 1. The summed E-state index contributed by atoms with van der Waals surface area (Å²) >= 11 is 1.47. The molecule has 0 radical (unpaired) electrons. The van der Waals surface area contributed by atoms with Gasteiger partial charge in [-0.2, -0.15) is 4.99 Å². The van der Waals surface area contributed by atoms with E-state index in [0.717, 1.165) is 36.7 Å². The van der Waals surface area contributed by atoms with Crippen LogP contribution in [0, 0.1) is 0 Å². The number of aliphatic imine (C=N–C) groups is 1. The van der Waals surface area contributed by atoms with Crippen LogP contribution in [0.5, 0.6) is 11.5 Å². The van der Waals surface area contributed by atoms with E-state index in [4.69, 9.17) is 9.47 Å².